The third-order valence-corrected chi connectivity index (χ3v) is 3.22. The van der Waals surface area contributed by atoms with Gasteiger partial charge in [0.1, 0.15) is 0 Å². The summed E-state index contributed by atoms with van der Waals surface area (Å²) in [5.74, 6) is 0. The van der Waals surface area contributed by atoms with Crippen LogP contribution in [0.1, 0.15) is 40.5 Å². The topological polar surface area (TPSA) is 0 Å². The van der Waals surface area contributed by atoms with Crippen LogP contribution in [0.4, 0.5) is 0 Å². The molecule has 0 radical (unpaired) electrons. The molecule has 0 heterocycles. The zero-order chi connectivity index (χ0) is 9.57. The van der Waals surface area contributed by atoms with Crippen molar-refractivity contribution in [3.05, 3.63) is 24.3 Å². The van der Waals surface area contributed by atoms with E-state index in [0.717, 1.165) is 12.8 Å². The zero-order valence-electron chi connectivity index (χ0n) is 8.83. The molecule has 1 fully saturated rings. The highest BCUT2D eigenvalue weighted by Gasteiger charge is 2.36. The average Bonchev–Trinajstić information content (AvgIpc) is 1.82. The summed E-state index contributed by atoms with van der Waals surface area (Å²) in [6.07, 6.45) is 2.19. The van der Waals surface area contributed by atoms with Crippen LogP contribution >= 0.6 is 0 Å². The van der Waals surface area contributed by atoms with Crippen molar-refractivity contribution in [2.45, 2.75) is 40.5 Å². The second kappa shape index (κ2) is 2.48. The van der Waals surface area contributed by atoms with Crippen LogP contribution in [0, 0.1) is 10.8 Å². The molecule has 0 atom stereocenters. The summed E-state index contributed by atoms with van der Waals surface area (Å²) in [6, 6.07) is 0. The fourth-order valence-electron chi connectivity index (χ4n) is 1.80. The van der Waals surface area contributed by atoms with E-state index in [1.54, 1.807) is 0 Å². The lowest BCUT2D eigenvalue weighted by atomic mass is 9.62. The molecule has 0 amide bonds. The highest BCUT2D eigenvalue weighted by Crippen LogP contribution is 2.49. The SMILES string of the molecule is C=C1CC(C)(C)C(=C)CC1(C)C. The number of allylic oxidation sites excluding steroid dienone is 2. The van der Waals surface area contributed by atoms with Gasteiger partial charge >= 0.3 is 0 Å². The molecule has 0 unspecified atom stereocenters. The van der Waals surface area contributed by atoms with E-state index in [1.165, 1.54) is 11.1 Å². The van der Waals surface area contributed by atoms with Gasteiger partial charge in [0.2, 0.25) is 0 Å². The molecule has 0 saturated heterocycles. The molecule has 1 aliphatic carbocycles. The molecule has 68 valence electrons. The molecule has 0 heteroatoms. The molecule has 0 aromatic rings. The highest BCUT2D eigenvalue weighted by atomic mass is 14.4. The molecule has 0 spiro atoms. The molecule has 1 rings (SSSR count). The van der Waals surface area contributed by atoms with E-state index in [4.69, 9.17) is 0 Å². The Kier molecular flexibility index (Phi) is 1.98. The van der Waals surface area contributed by atoms with Crippen molar-refractivity contribution in [2.75, 3.05) is 0 Å². The fraction of sp³-hybridized carbons (Fsp3) is 0.667. The van der Waals surface area contributed by atoms with Crippen LogP contribution in [-0.2, 0) is 0 Å². The third kappa shape index (κ3) is 1.48. The first kappa shape index (κ1) is 9.57. The van der Waals surface area contributed by atoms with Crippen molar-refractivity contribution in [1.82, 2.24) is 0 Å². The smallest absolute Gasteiger partial charge is 0.0110 e. The number of rotatable bonds is 0. The third-order valence-electron chi connectivity index (χ3n) is 3.22. The van der Waals surface area contributed by atoms with Gasteiger partial charge in [-0.15, -0.1) is 0 Å². The maximum absolute atomic E-state index is 4.16. The van der Waals surface area contributed by atoms with Crippen molar-refractivity contribution in [2.24, 2.45) is 10.8 Å². The minimum absolute atomic E-state index is 0.270. The summed E-state index contributed by atoms with van der Waals surface area (Å²) in [4.78, 5) is 0. The van der Waals surface area contributed by atoms with Crippen LogP contribution in [0.3, 0.4) is 0 Å². The van der Waals surface area contributed by atoms with Gasteiger partial charge in [0.15, 0.2) is 0 Å². The van der Waals surface area contributed by atoms with E-state index >= 15 is 0 Å². The zero-order valence-corrected chi connectivity index (χ0v) is 8.83. The first-order valence-corrected chi connectivity index (χ1v) is 4.62. The Morgan fingerprint density at radius 3 is 1.33 bits per heavy atom. The molecule has 0 bridgehead atoms. The van der Waals surface area contributed by atoms with E-state index in [-0.39, 0.29) is 10.8 Å². The average molecular weight is 164 g/mol. The molecule has 0 aromatic carbocycles. The maximum Gasteiger partial charge on any atom is -0.0110 e. The minimum Gasteiger partial charge on any atom is -0.0993 e. The van der Waals surface area contributed by atoms with E-state index in [1.807, 2.05) is 0 Å². The molecular formula is C12H20. The standard InChI is InChI=1S/C12H20/c1-9-7-12(5,6)10(2)8-11(9,3)4/h1-2,7-8H2,3-6H3. The molecule has 0 aromatic heterocycles. The van der Waals surface area contributed by atoms with Gasteiger partial charge in [-0.2, -0.15) is 0 Å². The Balaban J connectivity index is 2.91. The summed E-state index contributed by atoms with van der Waals surface area (Å²) in [5.41, 5.74) is 3.29. The first-order valence-electron chi connectivity index (χ1n) is 4.62. The van der Waals surface area contributed by atoms with E-state index in [0.29, 0.717) is 0 Å². The monoisotopic (exact) mass is 164 g/mol. The summed E-state index contributed by atoms with van der Waals surface area (Å²) in [6.45, 7) is 17.4. The lowest BCUT2D eigenvalue weighted by Crippen LogP contribution is -2.30. The predicted molar refractivity (Wildman–Crippen MR) is 55.1 cm³/mol. The van der Waals surface area contributed by atoms with E-state index in [9.17, 15) is 0 Å². The lowest BCUT2D eigenvalue weighted by Gasteiger charge is -2.43. The van der Waals surface area contributed by atoms with Crippen molar-refractivity contribution >= 4 is 0 Å². The Labute approximate surface area is 76.4 Å². The van der Waals surface area contributed by atoms with Crippen molar-refractivity contribution in [3.8, 4) is 0 Å². The van der Waals surface area contributed by atoms with Crippen LogP contribution in [0.25, 0.3) is 0 Å². The van der Waals surface area contributed by atoms with Crippen LogP contribution in [0.2, 0.25) is 0 Å². The van der Waals surface area contributed by atoms with Crippen molar-refractivity contribution in [1.29, 1.82) is 0 Å². The van der Waals surface area contributed by atoms with Crippen LogP contribution in [0.5, 0.6) is 0 Å². The Hall–Kier alpha value is -0.520. The molecular weight excluding hydrogens is 144 g/mol. The van der Waals surface area contributed by atoms with E-state index < -0.39 is 0 Å². The van der Waals surface area contributed by atoms with Gasteiger partial charge in [-0.1, -0.05) is 52.0 Å². The van der Waals surface area contributed by atoms with E-state index in [2.05, 4.69) is 40.9 Å². The first-order chi connectivity index (χ1) is 5.26. The maximum atomic E-state index is 4.16. The number of hydrogen-bond donors (Lipinski definition) is 0. The van der Waals surface area contributed by atoms with Gasteiger partial charge in [0.05, 0.1) is 0 Å². The summed E-state index contributed by atoms with van der Waals surface area (Å²) in [7, 11) is 0. The van der Waals surface area contributed by atoms with Crippen molar-refractivity contribution in [3.63, 3.8) is 0 Å². The fourth-order valence-corrected chi connectivity index (χ4v) is 1.80. The molecule has 1 aliphatic rings. The Morgan fingerprint density at radius 1 is 0.833 bits per heavy atom. The molecule has 0 N–H and O–H groups in total. The van der Waals surface area contributed by atoms with Gasteiger partial charge in [0.25, 0.3) is 0 Å². The quantitative estimate of drug-likeness (QED) is 0.476. The van der Waals surface area contributed by atoms with Gasteiger partial charge in [-0.3, -0.25) is 0 Å². The molecule has 1 saturated carbocycles. The van der Waals surface area contributed by atoms with Crippen LogP contribution in [0.15, 0.2) is 24.3 Å². The van der Waals surface area contributed by atoms with Gasteiger partial charge in [-0.25, -0.2) is 0 Å². The summed E-state index contributed by atoms with van der Waals surface area (Å²) in [5, 5.41) is 0. The molecule has 0 aliphatic heterocycles. The van der Waals surface area contributed by atoms with Gasteiger partial charge < -0.3 is 0 Å². The van der Waals surface area contributed by atoms with Crippen LogP contribution in [-0.4, -0.2) is 0 Å². The Morgan fingerprint density at radius 2 is 1.08 bits per heavy atom. The number of hydrogen-bond acceptors (Lipinski definition) is 0. The summed E-state index contributed by atoms with van der Waals surface area (Å²) >= 11 is 0. The minimum atomic E-state index is 0.270. The Bertz CT molecular complexity index is 202. The molecule has 0 nitrogen and oxygen atoms in total. The normalized spacial score (nSPS) is 27.3. The molecule has 12 heavy (non-hydrogen) atoms. The summed E-state index contributed by atoms with van der Waals surface area (Å²) < 4.78 is 0. The second-order valence-corrected chi connectivity index (χ2v) is 5.33. The van der Waals surface area contributed by atoms with Crippen LogP contribution < -0.4 is 0 Å². The predicted octanol–water partition coefficient (Wildman–Crippen LogP) is 3.95. The largest absolute Gasteiger partial charge is 0.0993 e. The van der Waals surface area contributed by atoms with Crippen molar-refractivity contribution < 1.29 is 0 Å². The highest BCUT2D eigenvalue weighted by molar-refractivity contribution is 5.25. The van der Waals surface area contributed by atoms with Gasteiger partial charge in [-0.05, 0) is 23.7 Å². The lowest BCUT2D eigenvalue weighted by molar-refractivity contribution is 0.283. The van der Waals surface area contributed by atoms with Gasteiger partial charge in [0, 0.05) is 0 Å². The second-order valence-electron chi connectivity index (χ2n) is 5.33.